The molecule has 1 heterocycles. The average Bonchev–Trinajstić information content (AvgIpc) is 3.14. The van der Waals surface area contributed by atoms with Gasteiger partial charge in [0.1, 0.15) is 0 Å². The minimum atomic E-state index is -2.45. The van der Waals surface area contributed by atoms with Gasteiger partial charge in [-0.2, -0.15) is 0 Å². The molecule has 0 spiro atoms. The van der Waals surface area contributed by atoms with Crippen molar-refractivity contribution >= 4 is 18.7 Å². The Morgan fingerprint density at radius 1 is 0.926 bits per heavy atom. The Labute approximate surface area is 164 Å². The molecule has 2 atom stereocenters. The summed E-state index contributed by atoms with van der Waals surface area (Å²) in [4.78, 5) is 0. The van der Waals surface area contributed by atoms with Crippen LogP contribution >= 0.6 is 0 Å². The predicted octanol–water partition coefficient (Wildman–Crippen LogP) is 3.49. The summed E-state index contributed by atoms with van der Waals surface area (Å²) in [5, 5.41) is 11.9. The number of benzene rings is 2. The molecule has 4 heteroatoms. The van der Waals surface area contributed by atoms with Crippen LogP contribution in [0.3, 0.4) is 0 Å². The lowest BCUT2D eigenvalue weighted by molar-refractivity contribution is 0.00319. The highest BCUT2D eigenvalue weighted by molar-refractivity contribution is 6.99. The number of hydrogen-bond donors (Lipinski definition) is 1. The fraction of sp³-hybridized carbons (Fsp3) is 0.478. The second-order valence-corrected chi connectivity index (χ2v) is 12.7. The van der Waals surface area contributed by atoms with Crippen molar-refractivity contribution in [2.75, 3.05) is 13.2 Å². The van der Waals surface area contributed by atoms with Crippen LogP contribution in [-0.4, -0.2) is 38.8 Å². The molecule has 1 aliphatic rings. The van der Waals surface area contributed by atoms with Gasteiger partial charge in [0.05, 0.1) is 18.8 Å². The van der Waals surface area contributed by atoms with Gasteiger partial charge in [-0.3, -0.25) is 0 Å². The third kappa shape index (κ3) is 4.35. The van der Waals surface area contributed by atoms with Gasteiger partial charge in [0, 0.05) is 6.61 Å². The molecule has 27 heavy (non-hydrogen) atoms. The van der Waals surface area contributed by atoms with Gasteiger partial charge in [-0.05, 0) is 34.7 Å². The van der Waals surface area contributed by atoms with E-state index >= 15 is 0 Å². The summed E-state index contributed by atoms with van der Waals surface area (Å²) >= 11 is 0. The molecule has 1 fully saturated rings. The fourth-order valence-electron chi connectivity index (χ4n) is 4.23. The van der Waals surface area contributed by atoms with Crippen LogP contribution in [0.2, 0.25) is 5.04 Å². The second kappa shape index (κ2) is 8.70. The summed E-state index contributed by atoms with van der Waals surface area (Å²) in [6.07, 6.45) is 3.03. The third-order valence-corrected chi connectivity index (χ3v) is 10.6. The largest absolute Gasteiger partial charge is 0.407 e. The minimum Gasteiger partial charge on any atom is -0.407 e. The summed E-state index contributed by atoms with van der Waals surface area (Å²) in [7, 11) is -2.45. The Morgan fingerprint density at radius 2 is 1.44 bits per heavy atom. The van der Waals surface area contributed by atoms with E-state index in [2.05, 4.69) is 81.4 Å². The molecule has 1 aliphatic heterocycles. The zero-order valence-electron chi connectivity index (χ0n) is 16.7. The molecule has 1 N–H and O–H groups in total. The Balaban J connectivity index is 1.88. The maximum Gasteiger partial charge on any atom is 0.261 e. The summed E-state index contributed by atoms with van der Waals surface area (Å²) in [6, 6.07) is 21.5. The first-order valence-corrected chi connectivity index (χ1v) is 11.9. The molecule has 1 saturated heterocycles. The highest BCUT2D eigenvalue weighted by atomic mass is 28.4. The van der Waals surface area contributed by atoms with Crippen LogP contribution in [0.25, 0.3) is 0 Å². The lowest BCUT2D eigenvalue weighted by Crippen LogP contribution is -2.66. The van der Waals surface area contributed by atoms with Crippen molar-refractivity contribution in [1.82, 2.24) is 0 Å². The van der Waals surface area contributed by atoms with Crippen LogP contribution in [0.1, 0.15) is 40.0 Å². The summed E-state index contributed by atoms with van der Waals surface area (Å²) in [5.74, 6) is 0. The van der Waals surface area contributed by atoms with E-state index in [1.165, 1.54) is 10.4 Å². The molecule has 2 aromatic carbocycles. The van der Waals surface area contributed by atoms with Gasteiger partial charge in [-0.15, -0.1) is 0 Å². The summed E-state index contributed by atoms with van der Waals surface area (Å²) in [6.45, 7) is 7.69. The van der Waals surface area contributed by atoms with E-state index in [0.717, 1.165) is 19.3 Å². The number of aliphatic hydroxyl groups excluding tert-OH is 1. The standard InChI is InChI=1S/C23H32O3Si/c1-23(2,3)27(21-10-6-4-7-11-21,22-12-8-5-9-13-22)25-17-16-19-14-15-20(18-24)26-19/h4-13,19-20,24H,14-18H2,1-3H3/t19-,20-/m1/s1. The topological polar surface area (TPSA) is 38.7 Å². The molecule has 3 nitrogen and oxygen atoms in total. The predicted molar refractivity (Wildman–Crippen MR) is 113 cm³/mol. The first-order chi connectivity index (χ1) is 13.0. The van der Waals surface area contributed by atoms with Crippen molar-refractivity contribution in [1.29, 1.82) is 0 Å². The number of ether oxygens (including phenoxy) is 1. The van der Waals surface area contributed by atoms with Crippen molar-refractivity contribution in [3.8, 4) is 0 Å². The number of aliphatic hydroxyl groups is 1. The van der Waals surface area contributed by atoms with Crippen LogP contribution in [0, 0.1) is 0 Å². The van der Waals surface area contributed by atoms with Crippen molar-refractivity contribution in [3.05, 3.63) is 60.7 Å². The molecule has 2 aromatic rings. The van der Waals surface area contributed by atoms with Gasteiger partial charge in [0.2, 0.25) is 0 Å². The van der Waals surface area contributed by atoms with Gasteiger partial charge in [0.25, 0.3) is 8.32 Å². The molecule has 0 radical (unpaired) electrons. The van der Waals surface area contributed by atoms with Crippen molar-refractivity contribution in [2.45, 2.75) is 57.3 Å². The maximum atomic E-state index is 9.29. The molecule has 0 amide bonds. The zero-order valence-corrected chi connectivity index (χ0v) is 17.7. The Kier molecular flexibility index (Phi) is 6.53. The number of rotatable bonds is 7. The van der Waals surface area contributed by atoms with Gasteiger partial charge in [0.15, 0.2) is 0 Å². The Morgan fingerprint density at radius 3 is 1.89 bits per heavy atom. The van der Waals surface area contributed by atoms with Crippen molar-refractivity contribution in [2.24, 2.45) is 0 Å². The lowest BCUT2D eigenvalue weighted by Gasteiger charge is -2.43. The molecule has 0 aliphatic carbocycles. The molecular formula is C23H32O3Si. The van der Waals surface area contributed by atoms with Gasteiger partial charge < -0.3 is 14.3 Å². The molecule has 0 bridgehead atoms. The van der Waals surface area contributed by atoms with Crippen molar-refractivity contribution in [3.63, 3.8) is 0 Å². The minimum absolute atomic E-state index is 0.000125. The normalized spacial score (nSPS) is 20.7. The van der Waals surface area contributed by atoms with E-state index in [-0.39, 0.29) is 23.9 Å². The van der Waals surface area contributed by atoms with E-state index in [0.29, 0.717) is 6.61 Å². The molecule has 3 rings (SSSR count). The Bertz CT molecular complexity index is 657. The highest BCUT2D eigenvalue weighted by Gasteiger charge is 2.50. The van der Waals surface area contributed by atoms with E-state index in [1.54, 1.807) is 0 Å². The Hall–Kier alpha value is -1.46. The van der Waals surface area contributed by atoms with Gasteiger partial charge in [-0.25, -0.2) is 0 Å². The first kappa shape index (κ1) is 20.3. The van der Waals surface area contributed by atoms with Crippen LogP contribution in [0.15, 0.2) is 60.7 Å². The van der Waals surface area contributed by atoms with Crippen LogP contribution in [0.5, 0.6) is 0 Å². The highest BCUT2D eigenvalue weighted by Crippen LogP contribution is 2.37. The van der Waals surface area contributed by atoms with Gasteiger partial charge >= 0.3 is 0 Å². The van der Waals surface area contributed by atoms with Crippen molar-refractivity contribution < 1.29 is 14.3 Å². The maximum absolute atomic E-state index is 9.29. The second-order valence-electron chi connectivity index (χ2n) is 8.44. The van der Waals surface area contributed by atoms with E-state index in [4.69, 9.17) is 9.16 Å². The summed E-state index contributed by atoms with van der Waals surface area (Å²) < 4.78 is 12.8. The molecule has 0 unspecified atom stereocenters. The van der Waals surface area contributed by atoms with Crippen LogP contribution in [0.4, 0.5) is 0 Å². The van der Waals surface area contributed by atoms with Crippen LogP contribution in [-0.2, 0) is 9.16 Å². The van der Waals surface area contributed by atoms with E-state index < -0.39 is 8.32 Å². The lowest BCUT2D eigenvalue weighted by atomic mass is 10.1. The van der Waals surface area contributed by atoms with Crippen LogP contribution < -0.4 is 10.4 Å². The fourth-order valence-corrected chi connectivity index (χ4v) is 8.81. The molecule has 0 saturated carbocycles. The molecule has 146 valence electrons. The first-order valence-electron chi connectivity index (χ1n) is 9.98. The molecule has 0 aromatic heterocycles. The van der Waals surface area contributed by atoms with E-state index in [9.17, 15) is 5.11 Å². The smallest absolute Gasteiger partial charge is 0.261 e. The average molecular weight is 385 g/mol. The molecular weight excluding hydrogens is 352 g/mol. The quantitative estimate of drug-likeness (QED) is 0.743. The van der Waals surface area contributed by atoms with Gasteiger partial charge in [-0.1, -0.05) is 81.4 Å². The summed E-state index contributed by atoms with van der Waals surface area (Å²) in [5.41, 5.74) is 0. The zero-order chi connectivity index (χ0) is 19.3. The number of hydrogen-bond acceptors (Lipinski definition) is 3. The monoisotopic (exact) mass is 384 g/mol. The third-order valence-electron chi connectivity index (χ3n) is 5.57. The SMILES string of the molecule is CC(C)(C)[Si](OCC[C@H]1CC[C@H](CO)O1)(c1ccccc1)c1ccccc1. The van der Waals surface area contributed by atoms with E-state index in [1.807, 2.05) is 0 Å².